The Balaban J connectivity index is 2.66. The molecule has 13 heavy (non-hydrogen) atoms. The maximum atomic E-state index is 3.43. The van der Waals surface area contributed by atoms with Crippen LogP contribution in [-0.2, 0) is 0 Å². The fraction of sp³-hybridized carbons (Fsp3) is 0.455. The maximum Gasteiger partial charge on any atom is 0.0362 e. The summed E-state index contributed by atoms with van der Waals surface area (Å²) < 4.78 is 0. The van der Waals surface area contributed by atoms with Crippen molar-refractivity contribution in [2.24, 2.45) is 0 Å². The molecule has 1 unspecified atom stereocenters. The Morgan fingerprint density at radius 1 is 1.31 bits per heavy atom. The first-order valence-corrected chi connectivity index (χ1v) is 4.80. The summed E-state index contributed by atoms with van der Waals surface area (Å²) in [6.07, 6.45) is 1.14. The van der Waals surface area contributed by atoms with Crippen molar-refractivity contribution in [1.29, 1.82) is 0 Å². The van der Waals surface area contributed by atoms with Gasteiger partial charge in [-0.15, -0.1) is 0 Å². The van der Waals surface area contributed by atoms with Crippen LogP contribution in [0, 0.1) is 0 Å². The Labute approximate surface area is 80.4 Å². The molecule has 0 saturated carbocycles. The topological polar surface area (TPSA) is 24.1 Å². The van der Waals surface area contributed by atoms with Gasteiger partial charge in [0.1, 0.15) is 0 Å². The molecule has 0 bridgehead atoms. The van der Waals surface area contributed by atoms with Gasteiger partial charge in [0, 0.05) is 24.5 Å². The van der Waals surface area contributed by atoms with Crippen LogP contribution in [0.5, 0.6) is 0 Å². The third-order valence-electron chi connectivity index (χ3n) is 2.18. The van der Waals surface area contributed by atoms with Gasteiger partial charge in [-0.05, 0) is 31.5 Å². The minimum Gasteiger partial charge on any atom is -0.388 e. The van der Waals surface area contributed by atoms with Crippen LogP contribution in [-0.4, -0.2) is 13.1 Å². The predicted octanol–water partition coefficient (Wildman–Crippen LogP) is 2.94. The molecule has 0 fully saturated rings. The lowest BCUT2D eigenvalue weighted by Gasteiger charge is -2.13. The highest BCUT2D eigenvalue weighted by atomic mass is 14.9. The van der Waals surface area contributed by atoms with Gasteiger partial charge in [-0.2, -0.15) is 0 Å². The van der Waals surface area contributed by atoms with E-state index in [4.69, 9.17) is 0 Å². The Hall–Kier alpha value is -1.18. The van der Waals surface area contributed by atoms with Gasteiger partial charge in [0.2, 0.25) is 0 Å². The van der Waals surface area contributed by atoms with E-state index in [-0.39, 0.29) is 0 Å². The van der Waals surface area contributed by atoms with Crippen LogP contribution in [0.3, 0.4) is 0 Å². The molecule has 0 aliphatic heterocycles. The molecule has 0 saturated heterocycles. The molecule has 1 aromatic rings. The van der Waals surface area contributed by atoms with E-state index in [9.17, 15) is 0 Å². The lowest BCUT2D eigenvalue weighted by molar-refractivity contribution is 0.764. The Morgan fingerprint density at radius 2 is 2.00 bits per heavy atom. The summed E-state index contributed by atoms with van der Waals surface area (Å²) in [5.41, 5.74) is 2.33. The van der Waals surface area contributed by atoms with E-state index in [1.165, 1.54) is 5.69 Å². The van der Waals surface area contributed by atoms with Gasteiger partial charge in [0.05, 0.1) is 0 Å². The quantitative estimate of drug-likeness (QED) is 0.740. The second-order valence-corrected chi connectivity index (χ2v) is 3.28. The lowest BCUT2D eigenvalue weighted by atomic mass is 10.2. The molecule has 0 aromatic heterocycles. The molecular formula is C11H18N2. The third-order valence-corrected chi connectivity index (χ3v) is 2.18. The average molecular weight is 178 g/mol. The molecule has 2 heteroatoms. The predicted molar refractivity (Wildman–Crippen MR) is 59.4 cm³/mol. The molecule has 1 aromatic carbocycles. The summed E-state index contributed by atoms with van der Waals surface area (Å²) in [6.45, 7) is 4.37. The van der Waals surface area contributed by atoms with Gasteiger partial charge in [-0.1, -0.05) is 13.0 Å². The SMILES string of the molecule is CCC(C)Nc1cccc(NC)c1. The molecule has 0 radical (unpaired) electrons. The number of anilines is 2. The van der Waals surface area contributed by atoms with Crippen molar-refractivity contribution < 1.29 is 0 Å². The van der Waals surface area contributed by atoms with E-state index in [1.54, 1.807) is 0 Å². The molecule has 0 aliphatic rings. The lowest BCUT2D eigenvalue weighted by Crippen LogP contribution is -2.13. The van der Waals surface area contributed by atoms with E-state index in [2.05, 4.69) is 48.7 Å². The zero-order valence-corrected chi connectivity index (χ0v) is 8.59. The molecule has 0 amide bonds. The molecule has 0 heterocycles. The number of rotatable bonds is 4. The zero-order valence-electron chi connectivity index (χ0n) is 8.59. The van der Waals surface area contributed by atoms with Gasteiger partial charge >= 0.3 is 0 Å². The fourth-order valence-corrected chi connectivity index (χ4v) is 1.15. The minimum atomic E-state index is 0.534. The van der Waals surface area contributed by atoms with Crippen LogP contribution in [0.4, 0.5) is 11.4 Å². The van der Waals surface area contributed by atoms with Crippen molar-refractivity contribution in [2.45, 2.75) is 26.3 Å². The van der Waals surface area contributed by atoms with Crippen molar-refractivity contribution in [1.82, 2.24) is 0 Å². The molecule has 1 rings (SSSR count). The molecule has 2 N–H and O–H groups in total. The van der Waals surface area contributed by atoms with E-state index in [1.807, 2.05) is 7.05 Å². The Bertz CT molecular complexity index is 258. The Kier molecular flexibility index (Phi) is 3.62. The second kappa shape index (κ2) is 4.75. The number of hydrogen-bond acceptors (Lipinski definition) is 2. The van der Waals surface area contributed by atoms with Crippen molar-refractivity contribution in [3.8, 4) is 0 Å². The monoisotopic (exact) mass is 178 g/mol. The van der Waals surface area contributed by atoms with Gasteiger partial charge < -0.3 is 10.6 Å². The highest BCUT2D eigenvalue weighted by Crippen LogP contribution is 2.15. The molecule has 2 nitrogen and oxygen atoms in total. The summed E-state index contributed by atoms with van der Waals surface area (Å²) in [5, 5.41) is 6.54. The van der Waals surface area contributed by atoms with Crippen LogP contribution in [0.1, 0.15) is 20.3 Å². The van der Waals surface area contributed by atoms with Gasteiger partial charge in [0.25, 0.3) is 0 Å². The first kappa shape index (κ1) is 9.90. The van der Waals surface area contributed by atoms with Gasteiger partial charge in [-0.3, -0.25) is 0 Å². The number of hydrogen-bond donors (Lipinski definition) is 2. The van der Waals surface area contributed by atoms with Crippen LogP contribution in [0.15, 0.2) is 24.3 Å². The third kappa shape index (κ3) is 2.98. The van der Waals surface area contributed by atoms with E-state index < -0.39 is 0 Å². The van der Waals surface area contributed by atoms with Crippen LogP contribution < -0.4 is 10.6 Å². The fourth-order valence-electron chi connectivity index (χ4n) is 1.15. The minimum absolute atomic E-state index is 0.534. The summed E-state index contributed by atoms with van der Waals surface area (Å²) >= 11 is 0. The highest BCUT2D eigenvalue weighted by molar-refractivity contribution is 5.56. The number of nitrogens with one attached hydrogen (secondary N) is 2. The average Bonchev–Trinajstić information content (AvgIpc) is 2.18. The first-order valence-electron chi connectivity index (χ1n) is 4.80. The zero-order chi connectivity index (χ0) is 9.68. The van der Waals surface area contributed by atoms with Crippen molar-refractivity contribution >= 4 is 11.4 Å². The number of benzene rings is 1. The van der Waals surface area contributed by atoms with Crippen molar-refractivity contribution in [3.63, 3.8) is 0 Å². The maximum absolute atomic E-state index is 3.43. The van der Waals surface area contributed by atoms with Crippen LogP contribution in [0.25, 0.3) is 0 Å². The second-order valence-electron chi connectivity index (χ2n) is 3.28. The van der Waals surface area contributed by atoms with Crippen LogP contribution in [0.2, 0.25) is 0 Å². The van der Waals surface area contributed by atoms with Gasteiger partial charge in [-0.25, -0.2) is 0 Å². The smallest absolute Gasteiger partial charge is 0.0362 e. The van der Waals surface area contributed by atoms with Crippen LogP contribution >= 0.6 is 0 Å². The summed E-state index contributed by atoms with van der Waals surface area (Å²) in [7, 11) is 1.93. The van der Waals surface area contributed by atoms with Crippen molar-refractivity contribution in [3.05, 3.63) is 24.3 Å². The first-order chi connectivity index (χ1) is 6.26. The summed E-state index contributed by atoms with van der Waals surface area (Å²) in [6, 6.07) is 8.85. The largest absolute Gasteiger partial charge is 0.388 e. The summed E-state index contributed by atoms with van der Waals surface area (Å²) in [4.78, 5) is 0. The van der Waals surface area contributed by atoms with Crippen molar-refractivity contribution in [2.75, 3.05) is 17.7 Å². The van der Waals surface area contributed by atoms with Gasteiger partial charge in [0.15, 0.2) is 0 Å². The highest BCUT2D eigenvalue weighted by Gasteiger charge is 1.98. The normalized spacial score (nSPS) is 12.2. The molecule has 1 atom stereocenters. The van der Waals surface area contributed by atoms with E-state index in [0.717, 1.165) is 12.1 Å². The van der Waals surface area contributed by atoms with E-state index in [0.29, 0.717) is 6.04 Å². The Morgan fingerprint density at radius 3 is 2.62 bits per heavy atom. The molecule has 0 aliphatic carbocycles. The van der Waals surface area contributed by atoms with E-state index >= 15 is 0 Å². The molecular weight excluding hydrogens is 160 g/mol. The standard InChI is InChI=1S/C11H18N2/c1-4-9(2)13-11-7-5-6-10(8-11)12-3/h5-9,12-13H,4H2,1-3H3. The molecule has 0 spiro atoms. The molecule has 72 valence electrons. The summed E-state index contributed by atoms with van der Waals surface area (Å²) in [5.74, 6) is 0.